The van der Waals surface area contributed by atoms with E-state index in [0.29, 0.717) is 34.9 Å². The van der Waals surface area contributed by atoms with Gasteiger partial charge in [0, 0.05) is 17.8 Å². The maximum absolute atomic E-state index is 13.1. The number of rotatable bonds is 6. The number of hydrogen-bond donors (Lipinski definition) is 1. The number of hydrogen-bond acceptors (Lipinski definition) is 6. The quantitative estimate of drug-likeness (QED) is 0.473. The Balaban J connectivity index is 2.17. The number of thiophene rings is 1. The molecule has 1 aliphatic rings. The second kappa shape index (κ2) is 6.93. The van der Waals surface area contributed by atoms with Crippen LogP contribution in [0.3, 0.4) is 0 Å². The van der Waals surface area contributed by atoms with E-state index in [1.807, 2.05) is 0 Å². The number of amides is 1. The lowest BCUT2D eigenvalue weighted by Gasteiger charge is -2.32. The molecule has 6 nitrogen and oxygen atoms in total. The Labute approximate surface area is 154 Å². The van der Waals surface area contributed by atoms with E-state index in [0.717, 1.165) is 16.9 Å². The summed E-state index contributed by atoms with van der Waals surface area (Å²) >= 11 is 2.67. The van der Waals surface area contributed by atoms with E-state index in [1.165, 1.54) is 23.1 Å². The number of carbonyl (C=O) groups is 1. The zero-order chi connectivity index (χ0) is 18.2. The standard InChI is InChI=1S/C17H21N3O3S2/c1-4-6-20-15(22)13-10-7-17(3,5-2)23-8-11(10)25-14(13)19-16(20)24-9-12(18)21/h4H,1,5-9H2,2-3H3,(H2,18,21). The number of fused-ring (bicyclic) bond motifs is 3. The molecule has 3 heterocycles. The molecule has 0 aliphatic carbocycles. The summed E-state index contributed by atoms with van der Waals surface area (Å²) < 4.78 is 7.55. The number of nitrogens with two attached hydrogens (primary N) is 1. The molecular formula is C17H21N3O3S2. The fraction of sp³-hybridized carbons (Fsp3) is 0.471. The highest BCUT2D eigenvalue weighted by atomic mass is 32.2. The average molecular weight is 380 g/mol. The van der Waals surface area contributed by atoms with Gasteiger partial charge in [0.25, 0.3) is 5.56 Å². The minimum atomic E-state index is -0.443. The molecule has 2 N–H and O–H groups in total. The highest BCUT2D eigenvalue weighted by molar-refractivity contribution is 7.99. The van der Waals surface area contributed by atoms with Crippen molar-refractivity contribution in [2.75, 3.05) is 5.75 Å². The molecule has 0 saturated carbocycles. The molecule has 0 aromatic carbocycles. The van der Waals surface area contributed by atoms with Crippen molar-refractivity contribution >= 4 is 39.2 Å². The minimum Gasteiger partial charge on any atom is -0.369 e. The smallest absolute Gasteiger partial charge is 0.263 e. The lowest BCUT2D eigenvalue weighted by atomic mass is 9.90. The zero-order valence-electron chi connectivity index (χ0n) is 14.3. The number of nitrogens with zero attached hydrogens (tertiary/aromatic N) is 2. The van der Waals surface area contributed by atoms with E-state index in [1.54, 1.807) is 10.6 Å². The van der Waals surface area contributed by atoms with Crippen molar-refractivity contribution in [2.45, 2.75) is 50.6 Å². The maximum Gasteiger partial charge on any atom is 0.263 e. The normalized spacial score (nSPS) is 19.8. The summed E-state index contributed by atoms with van der Waals surface area (Å²) in [4.78, 5) is 30.6. The first kappa shape index (κ1) is 18.2. The molecule has 1 atom stereocenters. The van der Waals surface area contributed by atoms with E-state index < -0.39 is 5.91 Å². The van der Waals surface area contributed by atoms with Crippen molar-refractivity contribution in [1.29, 1.82) is 0 Å². The predicted octanol–water partition coefficient (Wildman–Crippen LogP) is 2.46. The summed E-state index contributed by atoms with van der Waals surface area (Å²) in [6.45, 7) is 8.73. The molecule has 1 aliphatic heterocycles. The first-order valence-electron chi connectivity index (χ1n) is 8.09. The fourth-order valence-electron chi connectivity index (χ4n) is 2.90. The topological polar surface area (TPSA) is 87.2 Å². The van der Waals surface area contributed by atoms with Crippen LogP contribution in [0.15, 0.2) is 22.6 Å². The molecule has 0 radical (unpaired) electrons. The molecule has 25 heavy (non-hydrogen) atoms. The molecule has 0 saturated heterocycles. The zero-order valence-corrected chi connectivity index (χ0v) is 16.0. The summed E-state index contributed by atoms with van der Waals surface area (Å²) in [5.41, 5.74) is 5.94. The Morgan fingerprint density at radius 3 is 3.00 bits per heavy atom. The van der Waals surface area contributed by atoms with Crippen LogP contribution in [-0.2, 0) is 29.1 Å². The van der Waals surface area contributed by atoms with Crippen LogP contribution in [0.25, 0.3) is 10.2 Å². The summed E-state index contributed by atoms with van der Waals surface area (Å²) in [6.07, 6.45) is 3.24. The third-order valence-electron chi connectivity index (χ3n) is 4.46. The molecule has 2 aromatic rings. The molecule has 0 spiro atoms. The molecule has 8 heteroatoms. The Morgan fingerprint density at radius 1 is 1.60 bits per heavy atom. The SMILES string of the molecule is C=CCn1c(SCC(N)=O)nc2sc3c(c2c1=O)CC(C)(CC)OC3. The molecule has 1 amide bonds. The molecule has 1 unspecified atom stereocenters. The predicted molar refractivity (Wildman–Crippen MR) is 101 cm³/mol. The van der Waals surface area contributed by atoms with Gasteiger partial charge >= 0.3 is 0 Å². The second-order valence-corrected chi connectivity index (χ2v) is 8.33. The van der Waals surface area contributed by atoms with Crippen LogP contribution in [0, 0.1) is 0 Å². The molecule has 0 fully saturated rings. The highest BCUT2D eigenvalue weighted by Gasteiger charge is 2.33. The Hall–Kier alpha value is -1.64. The lowest BCUT2D eigenvalue weighted by molar-refractivity contribution is -0.115. The first-order valence-corrected chi connectivity index (χ1v) is 9.89. The van der Waals surface area contributed by atoms with Gasteiger partial charge in [-0.3, -0.25) is 14.2 Å². The molecule has 134 valence electrons. The van der Waals surface area contributed by atoms with Crippen molar-refractivity contribution < 1.29 is 9.53 Å². The van der Waals surface area contributed by atoms with E-state index in [2.05, 4.69) is 25.4 Å². The number of carbonyl (C=O) groups excluding carboxylic acids is 1. The fourth-order valence-corrected chi connectivity index (χ4v) is 4.79. The Bertz CT molecular complexity index is 903. The van der Waals surface area contributed by atoms with E-state index >= 15 is 0 Å². The van der Waals surface area contributed by atoms with Gasteiger partial charge in [-0.15, -0.1) is 17.9 Å². The van der Waals surface area contributed by atoms with Gasteiger partial charge in [0.1, 0.15) is 4.83 Å². The van der Waals surface area contributed by atoms with Crippen LogP contribution >= 0.6 is 23.1 Å². The number of aromatic nitrogens is 2. The number of allylic oxidation sites excluding steroid dienone is 1. The van der Waals surface area contributed by atoms with Crippen LogP contribution in [0.1, 0.15) is 30.7 Å². The van der Waals surface area contributed by atoms with Gasteiger partial charge < -0.3 is 10.5 Å². The van der Waals surface area contributed by atoms with E-state index in [4.69, 9.17) is 10.5 Å². The monoisotopic (exact) mass is 379 g/mol. The van der Waals surface area contributed by atoms with Gasteiger partial charge in [0.15, 0.2) is 5.16 Å². The first-order chi connectivity index (χ1) is 11.9. The van der Waals surface area contributed by atoms with Crippen LogP contribution < -0.4 is 11.3 Å². The third kappa shape index (κ3) is 3.38. The van der Waals surface area contributed by atoms with E-state index in [9.17, 15) is 9.59 Å². The van der Waals surface area contributed by atoms with E-state index in [-0.39, 0.29) is 16.9 Å². The van der Waals surface area contributed by atoms with Gasteiger partial charge in [-0.05, 0) is 18.9 Å². The number of primary amides is 1. The molecular weight excluding hydrogens is 358 g/mol. The second-order valence-electron chi connectivity index (χ2n) is 6.31. The van der Waals surface area contributed by atoms with Gasteiger partial charge in [-0.2, -0.15) is 0 Å². The summed E-state index contributed by atoms with van der Waals surface area (Å²) in [5, 5.41) is 1.17. The van der Waals surface area contributed by atoms with Gasteiger partial charge in [0.2, 0.25) is 5.91 Å². The van der Waals surface area contributed by atoms with Crippen LogP contribution in [-0.4, -0.2) is 26.8 Å². The van der Waals surface area contributed by atoms with Gasteiger partial charge in [-0.1, -0.05) is 24.8 Å². The van der Waals surface area contributed by atoms with Gasteiger partial charge in [-0.25, -0.2) is 4.98 Å². The minimum absolute atomic E-state index is 0.0806. The maximum atomic E-state index is 13.1. The summed E-state index contributed by atoms with van der Waals surface area (Å²) in [5.74, 6) is -0.362. The Kier molecular flexibility index (Phi) is 5.04. The van der Waals surface area contributed by atoms with Crippen molar-refractivity contribution in [3.05, 3.63) is 33.4 Å². The van der Waals surface area contributed by atoms with Crippen LogP contribution in [0.4, 0.5) is 0 Å². The molecule has 2 aromatic heterocycles. The average Bonchev–Trinajstić information content (AvgIpc) is 2.93. The summed E-state index contributed by atoms with van der Waals surface area (Å²) in [6, 6.07) is 0. The Morgan fingerprint density at radius 2 is 2.36 bits per heavy atom. The molecule has 3 rings (SSSR count). The van der Waals surface area contributed by atoms with Crippen LogP contribution in [0.5, 0.6) is 0 Å². The lowest BCUT2D eigenvalue weighted by Crippen LogP contribution is -2.34. The van der Waals surface area contributed by atoms with Crippen molar-refractivity contribution in [1.82, 2.24) is 9.55 Å². The largest absolute Gasteiger partial charge is 0.369 e. The third-order valence-corrected chi connectivity index (χ3v) is 6.56. The number of thioether (sulfide) groups is 1. The van der Waals surface area contributed by atoms with Crippen molar-refractivity contribution in [2.24, 2.45) is 5.73 Å². The highest BCUT2D eigenvalue weighted by Crippen LogP contribution is 2.38. The molecule has 0 bridgehead atoms. The van der Waals surface area contributed by atoms with Gasteiger partial charge in [0.05, 0.1) is 23.3 Å². The van der Waals surface area contributed by atoms with Crippen molar-refractivity contribution in [3.63, 3.8) is 0 Å². The van der Waals surface area contributed by atoms with Crippen molar-refractivity contribution in [3.8, 4) is 0 Å². The number of ether oxygens (including phenoxy) is 1. The summed E-state index contributed by atoms with van der Waals surface area (Å²) in [7, 11) is 0. The van der Waals surface area contributed by atoms with Crippen LogP contribution in [0.2, 0.25) is 0 Å².